The molecule has 6 nitrogen and oxygen atoms in total. The summed E-state index contributed by atoms with van der Waals surface area (Å²) in [6.45, 7) is 0. The third-order valence-electron chi connectivity index (χ3n) is 4.51. The van der Waals surface area contributed by atoms with Crippen molar-refractivity contribution >= 4 is 23.2 Å². The van der Waals surface area contributed by atoms with E-state index in [4.69, 9.17) is 9.47 Å². The number of methoxy groups -OCH3 is 2. The number of halogens is 3. The molecule has 0 fully saturated rings. The topological polar surface area (TPSA) is 76.7 Å². The summed E-state index contributed by atoms with van der Waals surface area (Å²) >= 11 is 0. The minimum Gasteiger partial charge on any atom is -0.493 e. The van der Waals surface area contributed by atoms with Crippen molar-refractivity contribution < 1.29 is 32.2 Å². The van der Waals surface area contributed by atoms with Gasteiger partial charge in [0.05, 0.1) is 31.0 Å². The van der Waals surface area contributed by atoms with Crippen LogP contribution in [0.25, 0.3) is 0 Å². The number of para-hydroxylation sites is 1. The van der Waals surface area contributed by atoms with Crippen molar-refractivity contribution in [2.24, 2.45) is 0 Å². The van der Waals surface area contributed by atoms with Crippen LogP contribution in [0.4, 0.5) is 24.5 Å². The molecule has 0 atom stereocenters. The minimum absolute atomic E-state index is 0.0224. The number of hydrogen-bond acceptors (Lipinski definition) is 4. The minimum atomic E-state index is -4.54. The summed E-state index contributed by atoms with van der Waals surface area (Å²) in [6, 6.07) is 15.0. The number of rotatable bonds is 6. The van der Waals surface area contributed by atoms with Crippen molar-refractivity contribution in [3.63, 3.8) is 0 Å². The van der Waals surface area contributed by atoms with Gasteiger partial charge >= 0.3 is 6.18 Å². The van der Waals surface area contributed by atoms with E-state index in [0.29, 0.717) is 11.5 Å². The van der Waals surface area contributed by atoms with E-state index in [1.54, 1.807) is 18.2 Å². The van der Waals surface area contributed by atoms with Gasteiger partial charge in [0.1, 0.15) is 0 Å². The van der Waals surface area contributed by atoms with Crippen molar-refractivity contribution in [3.8, 4) is 11.5 Å². The molecule has 0 aliphatic carbocycles. The van der Waals surface area contributed by atoms with Gasteiger partial charge in [-0.25, -0.2) is 0 Å². The molecule has 3 aromatic carbocycles. The Morgan fingerprint density at radius 2 is 1.50 bits per heavy atom. The monoisotopic (exact) mass is 444 g/mol. The molecule has 0 saturated heterocycles. The molecule has 166 valence electrons. The average Bonchev–Trinajstić information content (AvgIpc) is 2.78. The average molecular weight is 444 g/mol. The maximum atomic E-state index is 12.9. The number of alkyl halides is 3. The van der Waals surface area contributed by atoms with E-state index in [0.717, 1.165) is 12.1 Å². The van der Waals surface area contributed by atoms with Crippen molar-refractivity contribution in [1.29, 1.82) is 0 Å². The molecular weight excluding hydrogens is 425 g/mol. The molecule has 0 heterocycles. The molecular formula is C23H19F3N2O4. The lowest BCUT2D eigenvalue weighted by Crippen LogP contribution is -2.18. The summed E-state index contributed by atoms with van der Waals surface area (Å²) in [5.74, 6) is -0.376. The van der Waals surface area contributed by atoms with E-state index < -0.39 is 23.6 Å². The summed E-state index contributed by atoms with van der Waals surface area (Å²) in [5, 5.41) is 5.07. The fraction of sp³-hybridized carbons (Fsp3) is 0.130. The number of anilines is 2. The van der Waals surface area contributed by atoms with E-state index in [1.165, 1.54) is 50.6 Å². The van der Waals surface area contributed by atoms with Gasteiger partial charge in [0, 0.05) is 11.3 Å². The lowest BCUT2D eigenvalue weighted by atomic mass is 10.1. The number of carbonyl (C=O) groups is 2. The third kappa shape index (κ3) is 5.18. The maximum Gasteiger partial charge on any atom is 0.416 e. The van der Waals surface area contributed by atoms with Gasteiger partial charge in [-0.3, -0.25) is 9.59 Å². The zero-order valence-corrected chi connectivity index (χ0v) is 17.1. The van der Waals surface area contributed by atoms with Crippen molar-refractivity contribution in [1.82, 2.24) is 0 Å². The molecule has 0 aliphatic rings. The van der Waals surface area contributed by atoms with Gasteiger partial charge in [0.15, 0.2) is 11.5 Å². The summed E-state index contributed by atoms with van der Waals surface area (Å²) in [5.41, 5.74) is -0.373. The molecule has 2 N–H and O–H groups in total. The number of benzene rings is 3. The SMILES string of the molecule is COc1ccc(C(=O)Nc2ccccc2C(=O)Nc2cccc(C(F)(F)F)c2)cc1OC. The first-order valence-electron chi connectivity index (χ1n) is 9.34. The van der Waals surface area contributed by atoms with E-state index in [1.807, 2.05) is 0 Å². The Kier molecular flexibility index (Phi) is 6.67. The highest BCUT2D eigenvalue weighted by Gasteiger charge is 2.30. The first-order chi connectivity index (χ1) is 15.2. The van der Waals surface area contributed by atoms with Crippen molar-refractivity contribution in [2.45, 2.75) is 6.18 Å². The van der Waals surface area contributed by atoms with Gasteiger partial charge in [-0.15, -0.1) is 0 Å². The summed E-state index contributed by atoms with van der Waals surface area (Å²) < 4.78 is 49.1. The normalized spacial score (nSPS) is 10.9. The van der Waals surface area contributed by atoms with Crippen LogP contribution >= 0.6 is 0 Å². The van der Waals surface area contributed by atoms with E-state index >= 15 is 0 Å². The Labute approximate surface area is 182 Å². The molecule has 0 aromatic heterocycles. The zero-order valence-electron chi connectivity index (χ0n) is 17.1. The number of hydrogen-bond donors (Lipinski definition) is 2. The molecule has 0 saturated carbocycles. The molecule has 3 rings (SSSR count). The Morgan fingerprint density at radius 1 is 0.781 bits per heavy atom. The Morgan fingerprint density at radius 3 is 2.19 bits per heavy atom. The third-order valence-corrected chi connectivity index (χ3v) is 4.51. The van der Waals surface area contributed by atoms with Crippen LogP contribution in [-0.4, -0.2) is 26.0 Å². The van der Waals surface area contributed by atoms with Gasteiger partial charge in [-0.2, -0.15) is 13.2 Å². The van der Waals surface area contributed by atoms with E-state index in [9.17, 15) is 22.8 Å². The van der Waals surface area contributed by atoms with Crippen LogP contribution in [0, 0.1) is 0 Å². The predicted octanol–water partition coefficient (Wildman–Crippen LogP) is 5.23. The van der Waals surface area contributed by atoms with Crippen LogP contribution in [0.1, 0.15) is 26.3 Å². The van der Waals surface area contributed by atoms with Crippen LogP contribution < -0.4 is 20.1 Å². The largest absolute Gasteiger partial charge is 0.493 e. The van der Waals surface area contributed by atoms with E-state index in [-0.39, 0.29) is 22.5 Å². The fourth-order valence-electron chi connectivity index (χ4n) is 2.93. The second kappa shape index (κ2) is 9.42. The predicted molar refractivity (Wildman–Crippen MR) is 113 cm³/mol. The number of ether oxygens (including phenoxy) is 2. The quantitative estimate of drug-likeness (QED) is 0.546. The van der Waals surface area contributed by atoms with Crippen molar-refractivity contribution in [2.75, 3.05) is 24.9 Å². The summed E-state index contributed by atoms with van der Waals surface area (Å²) in [6.07, 6.45) is -4.54. The standard InChI is InChI=1S/C23H19F3N2O4/c1-31-19-11-10-14(12-20(19)32-2)21(29)28-18-9-4-3-8-17(18)22(30)27-16-7-5-6-15(13-16)23(24,25)26/h3-13H,1-2H3,(H,27,30)(H,28,29). The van der Waals surface area contributed by atoms with Crippen LogP contribution in [-0.2, 0) is 6.18 Å². The van der Waals surface area contributed by atoms with Crippen LogP contribution in [0.2, 0.25) is 0 Å². The van der Waals surface area contributed by atoms with Crippen LogP contribution in [0.15, 0.2) is 66.7 Å². The van der Waals surface area contributed by atoms with Gasteiger partial charge in [0.25, 0.3) is 11.8 Å². The molecule has 0 unspecified atom stereocenters. The smallest absolute Gasteiger partial charge is 0.416 e. The molecule has 32 heavy (non-hydrogen) atoms. The lowest BCUT2D eigenvalue weighted by Gasteiger charge is -2.13. The van der Waals surface area contributed by atoms with Crippen LogP contribution in [0.5, 0.6) is 11.5 Å². The summed E-state index contributed by atoms with van der Waals surface area (Å²) in [7, 11) is 2.91. The second-order valence-electron chi connectivity index (χ2n) is 6.60. The molecule has 0 radical (unpaired) electrons. The Bertz CT molecular complexity index is 1150. The molecule has 9 heteroatoms. The van der Waals surface area contributed by atoms with Gasteiger partial charge in [0.2, 0.25) is 0 Å². The molecule has 0 aliphatic heterocycles. The van der Waals surface area contributed by atoms with Gasteiger partial charge in [-0.05, 0) is 48.5 Å². The van der Waals surface area contributed by atoms with Crippen LogP contribution in [0.3, 0.4) is 0 Å². The molecule has 0 spiro atoms. The lowest BCUT2D eigenvalue weighted by molar-refractivity contribution is -0.137. The number of carbonyl (C=O) groups excluding carboxylic acids is 2. The maximum absolute atomic E-state index is 12.9. The highest BCUT2D eigenvalue weighted by Crippen LogP contribution is 2.31. The Balaban J connectivity index is 1.82. The highest BCUT2D eigenvalue weighted by atomic mass is 19.4. The number of amides is 2. The van der Waals surface area contributed by atoms with E-state index in [2.05, 4.69) is 10.6 Å². The molecule has 3 aromatic rings. The second-order valence-corrected chi connectivity index (χ2v) is 6.60. The first-order valence-corrected chi connectivity index (χ1v) is 9.34. The molecule has 0 bridgehead atoms. The highest BCUT2D eigenvalue weighted by molar-refractivity contribution is 6.12. The fourth-order valence-corrected chi connectivity index (χ4v) is 2.93. The molecule has 2 amide bonds. The summed E-state index contributed by atoms with van der Waals surface area (Å²) in [4.78, 5) is 25.4. The van der Waals surface area contributed by atoms with Gasteiger partial charge in [-0.1, -0.05) is 18.2 Å². The van der Waals surface area contributed by atoms with Gasteiger partial charge < -0.3 is 20.1 Å². The number of nitrogens with one attached hydrogen (secondary N) is 2. The zero-order chi connectivity index (χ0) is 23.3. The van der Waals surface area contributed by atoms with Crippen molar-refractivity contribution in [3.05, 3.63) is 83.4 Å². The Hall–Kier alpha value is -4.01. The first kappa shape index (κ1) is 22.7.